The average molecular weight is 485 g/mol. The second kappa shape index (κ2) is 9.91. The molecule has 2 aromatic heterocycles. The monoisotopic (exact) mass is 484 g/mol. The molecule has 0 atom stereocenters. The number of nitrogen functional groups attached to an aromatic ring is 1. The highest BCUT2D eigenvalue weighted by atomic mass is 19.1. The van der Waals surface area contributed by atoms with E-state index in [4.69, 9.17) is 20.2 Å². The van der Waals surface area contributed by atoms with Gasteiger partial charge in [0.2, 0.25) is 5.95 Å². The number of para-hydroxylation sites is 1. The van der Waals surface area contributed by atoms with Crippen molar-refractivity contribution in [3.05, 3.63) is 84.2 Å². The van der Waals surface area contributed by atoms with Gasteiger partial charge in [0.25, 0.3) is 0 Å². The minimum Gasteiger partial charge on any atom is -0.497 e. The molecule has 5 rings (SSSR count). The molecular formula is C27H25FN6O2. The lowest BCUT2D eigenvalue weighted by Crippen LogP contribution is -2.09. The number of ether oxygens (including phenoxy) is 2. The summed E-state index contributed by atoms with van der Waals surface area (Å²) < 4.78 is 26.2. The first-order valence-electron chi connectivity index (χ1n) is 11.4. The molecule has 0 radical (unpaired) electrons. The number of nitrogens with zero attached hydrogens (tertiary/aromatic N) is 4. The van der Waals surface area contributed by atoms with Crippen molar-refractivity contribution in [1.82, 2.24) is 19.7 Å². The van der Waals surface area contributed by atoms with Crippen LogP contribution in [-0.2, 0) is 6.42 Å². The van der Waals surface area contributed by atoms with E-state index in [1.165, 1.54) is 16.8 Å². The lowest BCUT2D eigenvalue weighted by atomic mass is 10.1. The number of nitrogens with two attached hydrogens (primary N) is 1. The molecule has 0 aliphatic rings. The van der Waals surface area contributed by atoms with Gasteiger partial charge in [-0.15, -0.1) is 5.10 Å². The van der Waals surface area contributed by atoms with E-state index < -0.39 is 0 Å². The van der Waals surface area contributed by atoms with Gasteiger partial charge in [-0.05, 0) is 54.4 Å². The van der Waals surface area contributed by atoms with Crippen molar-refractivity contribution >= 4 is 22.8 Å². The molecule has 5 aromatic rings. The van der Waals surface area contributed by atoms with Gasteiger partial charge in [0.05, 0.1) is 31.0 Å². The zero-order chi connectivity index (χ0) is 25.1. The summed E-state index contributed by atoms with van der Waals surface area (Å²) >= 11 is 0. The van der Waals surface area contributed by atoms with E-state index in [0.717, 1.165) is 23.3 Å². The summed E-state index contributed by atoms with van der Waals surface area (Å²) in [5.74, 6) is 1.78. The summed E-state index contributed by atoms with van der Waals surface area (Å²) in [6.07, 6.45) is 0.759. The molecule has 0 bridgehead atoms. The van der Waals surface area contributed by atoms with Crippen LogP contribution < -0.4 is 20.5 Å². The number of anilines is 2. The second-order valence-corrected chi connectivity index (χ2v) is 8.10. The lowest BCUT2D eigenvalue weighted by Gasteiger charge is -2.11. The number of aromatic nitrogens is 4. The fourth-order valence-electron chi connectivity index (χ4n) is 4.04. The molecule has 0 spiro atoms. The van der Waals surface area contributed by atoms with Crippen LogP contribution in [0.1, 0.15) is 5.56 Å². The van der Waals surface area contributed by atoms with E-state index in [9.17, 15) is 4.39 Å². The van der Waals surface area contributed by atoms with Crippen molar-refractivity contribution in [2.45, 2.75) is 6.42 Å². The molecule has 9 heteroatoms. The first-order valence-corrected chi connectivity index (χ1v) is 11.4. The average Bonchev–Trinajstić information content (AvgIpc) is 3.25. The van der Waals surface area contributed by atoms with Gasteiger partial charge in [-0.1, -0.05) is 30.3 Å². The molecule has 0 aliphatic carbocycles. The van der Waals surface area contributed by atoms with Gasteiger partial charge in [0.1, 0.15) is 23.1 Å². The van der Waals surface area contributed by atoms with Crippen LogP contribution in [0.2, 0.25) is 0 Å². The zero-order valence-corrected chi connectivity index (χ0v) is 19.9. The molecular weight excluding hydrogens is 459 g/mol. The van der Waals surface area contributed by atoms with Gasteiger partial charge in [0, 0.05) is 12.1 Å². The van der Waals surface area contributed by atoms with Crippen molar-refractivity contribution in [2.24, 2.45) is 0 Å². The summed E-state index contributed by atoms with van der Waals surface area (Å²) in [4.78, 5) is 9.41. The quantitative estimate of drug-likeness (QED) is 0.324. The Bertz CT molecular complexity index is 1520. The minimum absolute atomic E-state index is 0.307. The molecule has 3 N–H and O–H groups in total. The molecule has 0 saturated heterocycles. The van der Waals surface area contributed by atoms with Crippen LogP contribution in [0.4, 0.5) is 16.2 Å². The summed E-state index contributed by atoms with van der Waals surface area (Å²) in [7, 11) is 3.25. The van der Waals surface area contributed by atoms with Crippen molar-refractivity contribution in [2.75, 3.05) is 31.8 Å². The van der Waals surface area contributed by atoms with Gasteiger partial charge in [0.15, 0.2) is 5.65 Å². The summed E-state index contributed by atoms with van der Waals surface area (Å²) in [6, 6.07) is 21.5. The van der Waals surface area contributed by atoms with Crippen molar-refractivity contribution in [1.29, 1.82) is 0 Å². The Kier molecular flexibility index (Phi) is 6.36. The Morgan fingerprint density at radius 2 is 1.75 bits per heavy atom. The molecule has 2 heterocycles. The summed E-state index contributed by atoms with van der Waals surface area (Å²) in [5.41, 5.74) is 9.87. The first kappa shape index (κ1) is 23.1. The number of halogens is 1. The van der Waals surface area contributed by atoms with E-state index in [0.29, 0.717) is 46.5 Å². The van der Waals surface area contributed by atoms with Crippen LogP contribution in [-0.4, -0.2) is 40.5 Å². The van der Waals surface area contributed by atoms with Crippen LogP contribution in [0.25, 0.3) is 28.0 Å². The molecule has 0 unspecified atom stereocenters. The first-order chi connectivity index (χ1) is 17.6. The van der Waals surface area contributed by atoms with Gasteiger partial charge < -0.3 is 20.5 Å². The molecule has 3 aromatic carbocycles. The Morgan fingerprint density at radius 1 is 0.944 bits per heavy atom. The Labute approximate surface area is 207 Å². The fraction of sp³-hybridized carbons (Fsp3) is 0.148. The van der Waals surface area contributed by atoms with E-state index in [1.807, 2.05) is 48.5 Å². The van der Waals surface area contributed by atoms with Crippen LogP contribution in [0.15, 0.2) is 72.8 Å². The van der Waals surface area contributed by atoms with E-state index in [-0.39, 0.29) is 5.82 Å². The Morgan fingerprint density at radius 3 is 2.50 bits per heavy atom. The van der Waals surface area contributed by atoms with Crippen molar-refractivity contribution in [3.63, 3.8) is 0 Å². The lowest BCUT2D eigenvalue weighted by molar-refractivity contribution is 0.414. The van der Waals surface area contributed by atoms with Crippen molar-refractivity contribution < 1.29 is 13.9 Å². The highest BCUT2D eigenvalue weighted by molar-refractivity contribution is 6.00. The number of methoxy groups -OCH3 is 2. The molecule has 182 valence electrons. The van der Waals surface area contributed by atoms with Crippen molar-refractivity contribution in [3.8, 4) is 28.4 Å². The normalized spacial score (nSPS) is 11.0. The van der Waals surface area contributed by atoms with Crippen LogP contribution in [0, 0.1) is 5.82 Å². The SMILES string of the molecule is COc1ccc(CCNc2nc(-c3ccccc3OC)c3c(N)n(-c4cccc(F)c4)nc3n2)cc1. The van der Waals surface area contributed by atoms with Crippen LogP contribution in [0.3, 0.4) is 0 Å². The van der Waals surface area contributed by atoms with Gasteiger partial charge in [-0.2, -0.15) is 4.98 Å². The number of fused-ring (bicyclic) bond motifs is 1. The maximum Gasteiger partial charge on any atom is 0.225 e. The van der Waals surface area contributed by atoms with E-state index in [1.54, 1.807) is 26.4 Å². The van der Waals surface area contributed by atoms with E-state index in [2.05, 4.69) is 15.4 Å². The number of hydrogen-bond acceptors (Lipinski definition) is 7. The molecule has 0 aliphatic heterocycles. The highest BCUT2D eigenvalue weighted by Crippen LogP contribution is 2.37. The van der Waals surface area contributed by atoms with Crippen LogP contribution >= 0.6 is 0 Å². The van der Waals surface area contributed by atoms with E-state index >= 15 is 0 Å². The molecule has 8 nitrogen and oxygen atoms in total. The van der Waals surface area contributed by atoms with Gasteiger partial charge >= 0.3 is 0 Å². The molecule has 36 heavy (non-hydrogen) atoms. The minimum atomic E-state index is -0.386. The molecule has 0 amide bonds. The molecule has 0 saturated carbocycles. The third kappa shape index (κ3) is 4.50. The maximum absolute atomic E-state index is 13.9. The summed E-state index contributed by atoms with van der Waals surface area (Å²) in [6.45, 7) is 0.600. The predicted molar refractivity (Wildman–Crippen MR) is 138 cm³/mol. The number of hydrogen-bond donors (Lipinski definition) is 2. The Balaban J connectivity index is 1.56. The highest BCUT2D eigenvalue weighted by Gasteiger charge is 2.21. The number of rotatable bonds is 8. The number of benzene rings is 3. The Hall–Kier alpha value is -4.66. The maximum atomic E-state index is 13.9. The molecule has 0 fully saturated rings. The summed E-state index contributed by atoms with van der Waals surface area (Å²) in [5, 5.41) is 8.44. The topological polar surface area (TPSA) is 100 Å². The van der Waals surface area contributed by atoms with Gasteiger partial charge in [-0.3, -0.25) is 0 Å². The van der Waals surface area contributed by atoms with Gasteiger partial charge in [-0.25, -0.2) is 14.1 Å². The number of nitrogens with one attached hydrogen (secondary N) is 1. The third-order valence-corrected chi connectivity index (χ3v) is 5.84. The smallest absolute Gasteiger partial charge is 0.225 e. The predicted octanol–water partition coefficient (Wildman–Crippen LogP) is 4.88. The standard InChI is InChI=1S/C27H25FN6O2/c1-35-20-12-10-17(11-13-20)14-15-30-27-31-24(21-8-3-4-9-22(21)36-2)23-25(29)34(33-26(23)32-27)19-7-5-6-18(28)16-19/h3-13,16H,14-15,29H2,1-2H3,(H,30,32,33). The zero-order valence-electron chi connectivity index (χ0n) is 19.9. The second-order valence-electron chi connectivity index (χ2n) is 8.10. The van der Waals surface area contributed by atoms with Crippen LogP contribution in [0.5, 0.6) is 11.5 Å². The largest absolute Gasteiger partial charge is 0.497 e. The third-order valence-electron chi connectivity index (χ3n) is 5.84. The fourth-order valence-corrected chi connectivity index (χ4v) is 4.04.